The maximum Gasteiger partial charge on any atom is 0.251 e. The maximum atomic E-state index is 12.9. The van der Waals surface area contributed by atoms with Gasteiger partial charge in [-0.3, -0.25) is 9.69 Å². The standard InChI is InChI=1S/C24H30N2O4/c1-4-7-18-14-21(15-22(28-2)23(18)29-3)24(27)25-16-19-8-5-6-9-20(19)17-26-10-12-30-13-11-26/h4-6,8-9,14-15H,1,7,10-13,16-17H2,2-3H3,(H,25,27). The van der Waals surface area contributed by atoms with Gasteiger partial charge in [-0.1, -0.05) is 30.3 Å². The first-order valence-corrected chi connectivity index (χ1v) is 10.2. The van der Waals surface area contributed by atoms with E-state index in [9.17, 15) is 4.79 Å². The molecule has 30 heavy (non-hydrogen) atoms. The van der Waals surface area contributed by atoms with Gasteiger partial charge in [-0.05, 0) is 29.7 Å². The van der Waals surface area contributed by atoms with Crippen LogP contribution in [0.1, 0.15) is 27.0 Å². The minimum absolute atomic E-state index is 0.151. The molecule has 2 aromatic carbocycles. The predicted molar refractivity (Wildman–Crippen MR) is 117 cm³/mol. The first-order valence-electron chi connectivity index (χ1n) is 10.2. The summed E-state index contributed by atoms with van der Waals surface area (Å²) in [5, 5.41) is 3.05. The zero-order valence-electron chi connectivity index (χ0n) is 17.8. The lowest BCUT2D eigenvalue weighted by molar-refractivity contribution is 0.0340. The average Bonchev–Trinajstić information content (AvgIpc) is 2.78. The van der Waals surface area contributed by atoms with Gasteiger partial charge in [0.1, 0.15) is 0 Å². The van der Waals surface area contributed by atoms with E-state index >= 15 is 0 Å². The van der Waals surface area contributed by atoms with Gasteiger partial charge in [-0.15, -0.1) is 6.58 Å². The number of nitrogens with one attached hydrogen (secondary N) is 1. The van der Waals surface area contributed by atoms with E-state index in [0.29, 0.717) is 30.0 Å². The van der Waals surface area contributed by atoms with Crippen molar-refractivity contribution in [2.75, 3.05) is 40.5 Å². The number of carbonyl (C=O) groups excluding carboxylic acids is 1. The Bertz CT molecular complexity index is 876. The van der Waals surface area contributed by atoms with E-state index in [0.717, 1.165) is 44.0 Å². The molecule has 1 aliphatic rings. The van der Waals surface area contributed by atoms with Gasteiger partial charge in [-0.25, -0.2) is 0 Å². The number of ether oxygens (including phenoxy) is 3. The number of rotatable bonds is 9. The molecule has 3 rings (SSSR count). The third-order valence-electron chi connectivity index (χ3n) is 5.24. The number of hydrogen-bond acceptors (Lipinski definition) is 5. The van der Waals surface area contributed by atoms with Crippen LogP contribution in [-0.4, -0.2) is 51.3 Å². The number of hydrogen-bond donors (Lipinski definition) is 1. The molecule has 1 fully saturated rings. The maximum absolute atomic E-state index is 12.9. The summed E-state index contributed by atoms with van der Waals surface area (Å²) >= 11 is 0. The predicted octanol–water partition coefficient (Wildman–Crippen LogP) is 3.19. The van der Waals surface area contributed by atoms with Crippen LogP contribution in [0.3, 0.4) is 0 Å². The minimum atomic E-state index is -0.151. The Morgan fingerprint density at radius 1 is 1.13 bits per heavy atom. The topological polar surface area (TPSA) is 60.0 Å². The smallest absolute Gasteiger partial charge is 0.251 e. The number of amides is 1. The largest absolute Gasteiger partial charge is 0.493 e. The Morgan fingerprint density at radius 2 is 1.87 bits per heavy atom. The fourth-order valence-electron chi connectivity index (χ4n) is 3.64. The zero-order valence-corrected chi connectivity index (χ0v) is 17.8. The second kappa shape index (κ2) is 10.8. The summed E-state index contributed by atoms with van der Waals surface area (Å²) in [4.78, 5) is 15.3. The van der Waals surface area contributed by atoms with E-state index < -0.39 is 0 Å². The molecule has 0 bridgehead atoms. The Hall–Kier alpha value is -2.83. The lowest BCUT2D eigenvalue weighted by atomic mass is 10.0. The lowest BCUT2D eigenvalue weighted by Crippen LogP contribution is -2.36. The molecule has 6 nitrogen and oxygen atoms in total. The number of nitrogens with zero attached hydrogens (tertiary/aromatic N) is 1. The highest BCUT2D eigenvalue weighted by Gasteiger charge is 2.17. The normalized spacial score (nSPS) is 14.2. The summed E-state index contributed by atoms with van der Waals surface area (Å²) in [6, 6.07) is 11.8. The summed E-state index contributed by atoms with van der Waals surface area (Å²) < 4.78 is 16.3. The van der Waals surface area contributed by atoms with Crippen molar-refractivity contribution in [1.29, 1.82) is 0 Å². The third kappa shape index (κ3) is 5.40. The van der Waals surface area contributed by atoms with Crippen molar-refractivity contribution < 1.29 is 19.0 Å². The fourth-order valence-corrected chi connectivity index (χ4v) is 3.64. The lowest BCUT2D eigenvalue weighted by Gasteiger charge is -2.27. The highest BCUT2D eigenvalue weighted by molar-refractivity contribution is 5.95. The molecule has 0 aromatic heterocycles. The van der Waals surface area contributed by atoms with Crippen LogP contribution in [0.5, 0.6) is 11.5 Å². The molecule has 2 aromatic rings. The molecule has 6 heteroatoms. The van der Waals surface area contributed by atoms with Crippen molar-refractivity contribution in [3.8, 4) is 11.5 Å². The van der Waals surface area contributed by atoms with Crippen molar-refractivity contribution in [3.05, 3.63) is 71.3 Å². The quantitative estimate of drug-likeness (QED) is 0.644. The Morgan fingerprint density at radius 3 is 2.53 bits per heavy atom. The average molecular weight is 411 g/mol. The number of methoxy groups -OCH3 is 2. The van der Waals surface area contributed by atoms with E-state index in [-0.39, 0.29) is 5.91 Å². The van der Waals surface area contributed by atoms with Gasteiger partial charge < -0.3 is 19.5 Å². The van der Waals surface area contributed by atoms with Gasteiger partial charge in [0.2, 0.25) is 0 Å². The molecule has 1 heterocycles. The van der Waals surface area contributed by atoms with Crippen LogP contribution < -0.4 is 14.8 Å². The SMILES string of the molecule is C=CCc1cc(C(=O)NCc2ccccc2CN2CCOCC2)cc(OC)c1OC. The number of allylic oxidation sites excluding steroid dienone is 1. The van der Waals surface area contributed by atoms with Crippen LogP contribution in [0.25, 0.3) is 0 Å². The molecule has 0 aliphatic carbocycles. The molecule has 1 saturated heterocycles. The molecule has 0 spiro atoms. The Labute approximate surface area is 178 Å². The molecule has 0 unspecified atom stereocenters. The van der Waals surface area contributed by atoms with Crippen LogP contribution in [0.2, 0.25) is 0 Å². The van der Waals surface area contributed by atoms with Crippen molar-refractivity contribution >= 4 is 5.91 Å². The molecule has 0 saturated carbocycles. The van der Waals surface area contributed by atoms with Gasteiger partial charge in [0, 0.05) is 37.3 Å². The van der Waals surface area contributed by atoms with Crippen molar-refractivity contribution in [1.82, 2.24) is 10.2 Å². The van der Waals surface area contributed by atoms with E-state index in [2.05, 4.69) is 28.9 Å². The van der Waals surface area contributed by atoms with Crippen molar-refractivity contribution in [2.24, 2.45) is 0 Å². The van der Waals surface area contributed by atoms with Crippen LogP contribution in [0.15, 0.2) is 49.1 Å². The second-order valence-corrected chi connectivity index (χ2v) is 7.20. The van der Waals surface area contributed by atoms with Crippen LogP contribution >= 0.6 is 0 Å². The number of morpholine rings is 1. The first-order chi connectivity index (χ1) is 14.7. The first kappa shape index (κ1) is 21.9. The van der Waals surface area contributed by atoms with Crippen molar-refractivity contribution in [2.45, 2.75) is 19.5 Å². The van der Waals surface area contributed by atoms with E-state index in [1.165, 1.54) is 5.56 Å². The summed E-state index contributed by atoms with van der Waals surface area (Å²) in [6.45, 7) is 8.50. The molecule has 0 atom stereocenters. The molecule has 1 N–H and O–H groups in total. The zero-order chi connectivity index (χ0) is 21.3. The van der Waals surface area contributed by atoms with Crippen LogP contribution in [0.4, 0.5) is 0 Å². The molecule has 160 valence electrons. The number of carbonyl (C=O) groups is 1. The molecular weight excluding hydrogens is 380 g/mol. The Balaban J connectivity index is 1.73. The molecule has 1 amide bonds. The third-order valence-corrected chi connectivity index (χ3v) is 5.24. The highest BCUT2D eigenvalue weighted by Crippen LogP contribution is 2.33. The number of benzene rings is 2. The summed E-state index contributed by atoms with van der Waals surface area (Å²) in [5.74, 6) is 1.02. The Kier molecular flexibility index (Phi) is 7.88. The van der Waals surface area contributed by atoms with Gasteiger partial charge in [-0.2, -0.15) is 0 Å². The second-order valence-electron chi connectivity index (χ2n) is 7.20. The molecule has 1 aliphatic heterocycles. The van der Waals surface area contributed by atoms with Crippen LogP contribution in [-0.2, 0) is 24.2 Å². The van der Waals surface area contributed by atoms with Gasteiger partial charge in [0.15, 0.2) is 11.5 Å². The summed E-state index contributed by atoms with van der Waals surface area (Å²) in [5.41, 5.74) is 3.74. The van der Waals surface area contributed by atoms with E-state index in [4.69, 9.17) is 14.2 Å². The van der Waals surface area contributed by atoms with Gasteiger partial charge in [0.25, 0.3) is 5.91 Å². The van der Waals surface area contributed by atoms with Gasteiger partial charge >= 0.3 is 0 Å². The molecule has 0 radical (unpaired) electrons. The summed E-state index contributed by atoms with van der Waals surface area (Å²) in [6.07, 6.45) is 2.36. The highest BCUT2D eigenvalue weighted by atomic mass is 16.5. The van der Waals surface area contributed by atoms with Gasteiger partial charge in [0.05, 0.1) is 27.4 Å². The van der Waals surface area contributed by atoms with Crippen LogP contribution in [0, 0.1) is 0 Å². The van der Waals surface area contributed by atoms with E-state index in [1.807, 2.05) is 18.2 Å². The van der Waals surface area contributed by atoms with E-state index in [1.54, 1.807) is 26.4 Å². The fraction of sp³-hybridized carbons (Fsp3) is 0.375. The summed E-state index contributed by atoms with van der Waals surface area (Å²) in [7, 11) is 3.16. The minimum Gasteiger partial charge on any atom is -0.493 e. The molecular formula is C24H30N2O4. The van der Waals surface area contributed by atoms with Crippen molar-refractivity contribution in [3.63, 3.8) is 0 Å². The monoisotopic (exact) mass is 410 g/mol.